The zero-order chi connectivity index (χ0) is 14.7. The van der Waals surface area contributed by atoms with Gasteiger partial charge in [-0.15, -0.1) is 0 Å². The minimum atomic E-state index is -0.856. The molecular weight excluding hydrogens is 331 g/mol. The SMILES string of the molecule is O=C(O)CC1CCN(C(=O)Nc2cc(F)ccc2Br)C1. The Morgan fingerprint density at radius 1 is 1.50 bits per heavy atom. The highest BCUT2D eigenvalue weighted by Crippen LogP contribution is 2.25. The molecule has 1 atom stereocenters. The van der Waals surface area contributed by atoms with E-state index >= 15 is 0 Å². The van der Waals surface area contributed by atoms with Gasteiger partial charge in [-0.25, -0.2) is 9.18 Å². The molecule has 0 spiro atoms. The molecule has 0 aliphatic carbocycles. The largest absolute Gasteiger partial charge is 0.481 e. The van der Waals surface area contributed by atoms with Gasteiger partial charge in [-0.2, -0.15) is 0 Å². The predicted octanol–water partition coefficient (Wildman–Crippen LogP) is 2.92. The number of aliphatic carboxylic acids is 1. The summed E-state index contributed by atoms with van der Waals surface area (Å²) in [5.74, 6) is -1.31. The summed E-state index contributed by atoms with van der Waals surface area (Å²) in [5.41, 5.74) is 0.358. The first-order chi connectivity index (χ1) is 9.45. The number of nitrogens with one attached hydrogen (secondary N) is 1. The lowest BCUT2D eigenvalue weighted by atomic mass is 10.1. The Morgan fingerprint density at radius 2 is 2.25 bits per heavy atom. The minimum absolute atomic E-state index is 0.0193. The van der Waals surface area contributed by atoms with Crippen molar-refractivity contribution < 1.29 is 19.1 Å². The topological polar surface area (TPSA) is 69.6 Å². The van der Waals surface area contributed by atoms with Crippen molar-refractivity contribution >= 4 is 33.6 Å². The Hall–Kier alpha value is -1.63. The Bertz CT molecular complexity index is 538. The van der Waals surface area contributed by atoms with E-state index in [9.17, 15) is 14.0 Å². The van der Waals surface area contributed by atoms with E-state index in [-0.39, 0.29) is 18.4 Å². The summed E-state index contributed by atoms with van der Waals surface area (Å²) >= 11 is 3.23. The molecule has 2 amide bonds. The van der Waals surface area contributed by atoms with Gasteiger partial charge in [0.25, 0.3) is 0 Å². The van der Waals surface area contributed by atoms with E-state index in [1.165, 1.54) is 18.2 Å². The smallest absolute Gasteiger partial charge is 0.321 e. The van der Waals surface area contributed by atoms with Gasteiger partial charge in [0.2, 0.25) is 0 Å². The Kier molecular flexibility index (Phi) is 4.59. The van der Waals surface area contributed by atoms with E-state index in [0.717, 1.165) is 0 Å². The van der Waals surface area contributed by atoms with Crippen LogP contribution in [-0.4, -0.2) is 35.1 Å². The van der Waals surface area contributed by atoms with Gasteiger partial charge in [0, 0.05) is 24.0 Å². The van der Waals surface area contributed by atoms with Gasteiger partial charge in [0.15, 0.2) is 0 Å². The van der Waals surface area contributed by atoms with E-state index < -0.39 is 11.8 Å². The first-order valence-corrected chi connectivity index (χ1v) is 6.98. The normalized spacial score (nSPS) is 18.1. The van der Waals surface area contributed by atoms with Crippen LogP contribution in [0.5, 0.6) is 0 Å². The van der Waals surface area contributed by atoms with Crippen LogP contribution in [-0.2, 0) is 4.79 Å². The number of anilines is 1. The van der Waals surface area contributed by atoms with Gasteiger partial charge in [-0.05, 0) is 46.5 Å². The molecule has 0 saturated carbocycles. The van der Waals surface area contributed by atoms with E-state index in [1.807, 2.05) is 0 Å². The van der Waals surface area contributed by atoms with Gasteiger partial charge in [0.05, 0.1) is 5.69 Å². The average Bonchev–Trinajstić information content (AvgIpc) is 2.81. The summed E-state index contributed by atoms with van der Waals surface area (Å²) < 4.78 is 13.7. The molecule has 1 aromatic carbocycles. The molecule has 1 unspecified atom stereocenters. The first-order valence-electron chi connectivity index (χ1n) is 6.18. The van der Waals surface area contributed by atoms with E-state index in [2.05, 4.69) is 21.2 Å². The van der Waals surface area contributed by atoms with E-state index in [1.54, 1.807) is 4.90 Å². The number of carboxylic acid groups (broad SMARTS) is 1. The Morgan fingerprint density at radius 3 is 2.95 bits per heavy atom. The van der Waals surface area contributed by atoms with Crippen molar-refractivity contribution in [3.8, 4) is 0 Å². The molecule has 108 valence electrons. The Labute approximate surface area is 123 Å². The van der Waals surface area contributed by atoms with Crippen LogP contribution < -0.4 is 5.32 Å². The second kappa shape index (κ2) is 6.21. The van der Waals surface area contributed by atoms with Gasteiger partial charge in [-0.3, -0.25) is 4.79 Å². The summed E-state index contributed by atoms with van der Waals surface area (Å²) in [5, 5.41) is 11.4. The summed E-state index contributed by atoms with van der Waals surface area (Å²) in [6, 6.07) is 3.69. The summed E-state index contributed by atoms with van der Waals surface area (Å²) in [6.07, 6.45) is 0.734. The zero-order valence-electron chi connectivity index (χ0n) is 10.6. The minimum Gasteiger partial charge on any atom is -0.481 e. The maximum absolute atomic E-state index is 13.1. The molecule has 1 saturated heterocycles. The summed E-state index contributed by atoms with van der Waals surface area (Å²) in [7, 11) is 0. The van der Waals surface area contributed by atoms with E-state index in [4.69, 9.17) is 5.11 Å². The third-order valence-corrected chi connectivity index (χ3v) is 3.90. The monoisotopic (exact) mass is 344 g/mol. The second-order valence-corrected chi connectivity index (χ2v) is 5.61. The number of nitrogens with zero attached hydrogens (tertiary/aromatic N) is 1. The van der Waals surface area contributed by atoms with Gasteiger partial charge in [0.1, 0.15) is 5.82 Å². The molecule has 1 aliphatic heterocycles. The van der Waals surface area contributed by atoms with Crippen LogP contribution in [0.4, 0.5) is 14.9 Å². The zero-order valence-corrected chi connectivity index (χ0v) is 12.2. The molecule has 0 aromatic heterocycles. The van der Waals surface area contributed by atoms with Gasteiger partial charge >= 0.3 is 12.0 Å². The van der Waals surface area contributed by atoms with Crippen LogP contribution in [0.2, 0.25) is 0 Å². The van der Waals surface area contributed by atoms with Crippen molar-refractivity contribution in [1.82, 2.24) is 4.90 Å². The van der Waals surface area contributed by atoms with Crippen molar-refractivity contribution in [3.63, 3.8) is 0 Å². The van der Waals surface area contributed by atoms with Gasteiger partial charge < -0.3 is 15.3 Å². The lowest BCUT2D eigenvalue weighted by Gasteiger charge is -2.17. The van der Waals surface area contributed by atoms with Crippen molar-refractivity contribution in [3.05, 3.63) is 28.5 Å². The number of hydrogen-bond donors (Lipinski definition) is 2. The fourth-order valence-corrected chi connectivity index (χ4v) is 2.56. The average molecular weight is 345 g/mol. The summed E-state index contributed by atoms with van der Waals surface area (Å²) in [4.78, 5) is 24.2. The number of halogens is 2. The lowest BCUT2D eigenvalue weighted by molar-refractivity contribution is -0.138. The van der Waals surface area contributed by atoms with Crippen LogP contribution >= 0.6 is 15.9 Å². The molecule has 0 radical (unpaired) electrons. The number of rotatable bonds is 3. The molecule has 5 nitrogen and oxygen atoms in total. The molecule has 1 fully saturated rings. The van der Waals surface area contributed by atoms with Crippen LogP contribution in [0.3, 0.4) is 0 Å². The molecule has 2 N–H and O–H groups in total. The number of likely N-dealkylation sites (tertiary alicyclic amines) is 1. The number of hydrogen-bond acceptors (Lipinski definition) is 2. The number of benzene rings is 1. The van der Waals surface area contributed by atoms with Crippen molar-refractivity contribution in [2.45, 2.75) is 12.8 Å². The van der Waals surface area contributed by atoms with Crippen molar-refractivity contribution in [1.29, 1.82) is 0 Å². The fraction of sp³-hybridized carbons (Fsp3) is 0.385. The highest BCUT2D eigenvalue weighted by Gasteiger charge is 2.28. The third kappa shape index (κ3) is 3.69. The second-order valence-electron chi connectivity index (χ2n) is 4.75. The number of carbonyl (C=O) groups excluding carboxylic acids is 1. The van der Waals surface area contributed by atoms with Crippen molar-refractivity contribution in [2.75, 3.05) is 18.4 Å². The molecule has 7 heteroatoms. The molecular formula is C13H14BrFN2O3. The number of urea groups is 1. The molecule has 0 bridgehead atoms. The van der Waals surface area contributed by atoms with Crippen LogP contribution in [0, 0.1) is 11.7 Å². The molecule has 1 aromatic rings. The van der Waals surface area contributed by atoms with Crippen LogP contribution in [0.1, 0.15) is 12.8 Å². The summed E-state index contributed by atoms with van der Waals surface area (Å²) in [6.45, 7) is 0.918. The maximum Gasteiger partial charge on any atom is 0.321 e. The van der Waals surface area contributed by atoms with Crippen LogP contribution in [0.15, 0.2) is 22.7 Å². The van der Waals surface area contributed by atoms with Crippen LogP contribution in [0.25, 0.3) is 0 Å². The fourth-order valence-electron chi connectivity index (χ4n) is 2.22. The van der Waals surface area contributed by atoms with Crippen molar-refractivity contribution in [2.24, 2.45) is 5.92 Å². The Balaban J connectivity index is 1.96. The maximum atomic E-state index is 13.1. The quantitative estimate of drug-likeness (QED) is 0.885. The third-order valence-electron chi connectivity index (χ3n) is 3.21. The molecule has 20 heavy (non-hydrogen) atoms. The van der Waals surface area contributed by atoms with E-state index in [0.29, 0.717) is 29.7 Å². The molecule has 2 rings (SSSR count). The number of carboxylic acids is 1. The van der Waals surface area contributed by atoms with Gasteiger partial charge in [-0.1, -0.05) is 0 Å². The first kappa shape index (κ1) is 14.8. The standard InChI is InChI=1S/C13H14BrFN2O3/c14-10-2-1-9(15)6-11(10)16-13(20)17-4-3-8(7-17)5-12(18)19/h1-2,6,8H,3-5,7H2,(H,16,20)(H,18,19). The highest BCUT2D eigenvalue weighted by molar-refractivity contribution is 9.10. The molecule has 1 heterocycles. The lowest BCUT2D eigenvalue weighted by Crippen LogP contribution is -2.33. The number of amides is 2. The highest BCUT2D eigenvalue weighted by atomic mass is 79.9. The number of carbonyl (C=O) groups is 2. The molecule has 1 aliphatic rings. The predicted molar refractivity (Wildman–Crippen MR) is 75.1 cm³/mol.